The Balaban J connectivity index is 1.50. The lowest BCUT2D eigenvalue weighted by Gasteiger charge is -2.10. The highest BCUT2D eigenvalue weighted by Gasteiger charge is 2.16. The summed E-state index contributed by atoms with van der Waals surface area (Å²) in [7, 11) is 0. The lowest BCUT2D eigenvalue weighted by molar-refractivity contribution is 0.344. The fourth-order valence-electron chi connectivity index (χ4n) is 2.56. The van der Waals surface area contributed by atoms with E-state index in [1.807, 2.05) is 53.9 Å². The molecule has 0 saturated carbocycles. The molecule has 0 unspecified atom stereocenters. The molecule has 0 atom stereocenters. The number of aromatic nitrogens is 3. The molecule has 4 rings (SSSR count). The van der Waals surface area contributed by atoms with Gasteiger partial charge < -0.3 is 4.74 Å². The van der Waals surface area contributed by atoms with Gasteiger partial charge in [0.15, 0.2) is 11.0 Å². The van der Waals surface area contributed by atoms with Crippen molar-refractivity contribution >= 4 is 34.7 Å². The van der Waals surface area contributed by atoms with Crippen molar-refractivity contribution in [1.82, 2.24) is 14.8 Å². The SMILES string of the molecule is Clc1ccc(OCCSc2nnc(-c3cccs3)n2-c2ccccc2)cc1. The van der Waals surface area contributed by atoms with Gasteiger partial charge in [-0.15, -0.1) is 21.5 Å². The Hall–Kier alpha value is -2.28. The predicted octanol–water partition coefficient (Wildman–Crippen LogP) is 5.82. The van der Waals surface area contributed by atoms with Gasteiger partial charge in [-0.1, -0.05) is 47.6 Å². The predicted molar refractivity (Wildman–Crippen MR) is 112 cm³/mol. The third-order valence-corrected chi connectivity index (χ3v) is 5.80. The Morgan fingerprint density at radius 3 is 2.52 bits per heavy atom. The van der Waals surface area contributed by atoms with Crippen LogP contribution >= 0.6 is 34.7 Å². The molecule has 0 amide bonds. The van der Waals surface area contributed by atoms with Gasteiger partial charge in [0.2, 0.25) is 0 Å². The summed E-state index contributed by atoms with van der Waals surface area (Å²) >= 11 is 9.18. The zero-order valence-corrected chi connectivity index (χ0v) is 16.7. The number of rotatable bonds is 7. The van der Waals surface area contributed by atoms with E-state index in [1.54, 1.807) is 23.1 Å². The van der Waals surface area contributed by atoms with Gasteiger partial charge in [0.1, 0.15) is 5.75 Å². The highest BCUT2D eigenvalue weighted by atomic mass is 35.5. The molecule has 4 aromatic rings. The number of thioether (sulfide) groups is 1. The average Bonchev–Trinajstić information content (AvgIpc) is 3.37. The lowest BCUT2D eigenvalue weighted by Crippen LogP contribution is -2.03. The molecule has 4 nitrogen and oxygen atoms in total. The normalized spacial score (nSPS) is 10.9. The average molecular weight is 414 g/mol. The van der Waals surface area contributed by atoms with Crippen molar-refractivity contribution in [2.24, 2.45) is 0 Å². The number of halogens is 1. The van der Waals surface area contributed by atoms with Crippen molar-refractivity contribution in [2.75, 3.05) is 12.4 Å². The van der Waals surface area contributed by atoms with Crippen LogP contribution in [0.4, 0.5) is 0 Å². The molecule has 2 aromatic heterocycles. The largest absolute Gasteiger partial charge is 0.493 e. The molecule has 0 aliphatic heterocycles. The van der Waals surface area contributed by atoms with Crippen LogP contribution in [0.5, 0.6) is 5.75 Å². The minimum Gasteiger partial charge on any atom is -0.493 e. The van der Waals surface area contributed by atoms with E-state index in [2.05, 4.69) is 33.0 Å². The second-order valence-electron chi connectivity index (χ2n) is 5.61. The summed E-state index contributed by atoms with van der Waals surface area (Å²) in [6.45, 7) is 0.572. The number of hydrogen-bond donors (Lipinski definition) is 0. The minimum absolute atomic E-state index is 0.572. The summed E-state index contributed by atoms with van der Waals surface area (Å²) in [5.74, 6) is 2.43. The number of thiophene rings is 1. The quantitative estimate of drug-likeness (QED) is 0.282. The van der Waals surface area contributed by atoms with Crippen LogP contribution in [0.2, 0.25) is 5.02 Å². The van der Waals surface area contributed by atoms with Gasteiger partial charge in [-0.2, -0.15) is 0 Å². The fraction of sp³-hybridized carbons (Fsp3) is 0.100. The smallest absolute Gasteiger partial charge is 0.196 e. The van der Waals surface area contributed by atoms with Gasteiger partial charge in [0.05, 0.1) is 11.5 Å². The number of ether oxygens (including phenoxy) is 1. The Kier molecular flexibility index (Phi) is 5.77. The summed E-state index contributed by atoms with van der Waals surface area (Å²) in [5.41, 5.74) is 1.05. The lowest BCUT2D eigenvalue weighted by atomic mass is 10.3. The second-order valence-corrected chi connectivity index (χ2v) is 8.05. The van der Waals surface area contributed by atoms with Crippen LogP contribution in [0, 0.1) is 0 Å². The van der Waals surface area contributed by atoms with Gasteiger partial charge in [-0.05, 0) is 47.8 Å². The molecule has 27 heavy (non-hydrogen) atoms. The van der Waals surface area contributed by atoms with Crippen LogP contribution in [-0.2, 0) is 0 Å². The first kappa shape index (κ1) is 18.1. The summed E-state index contributed by atoms with van der Waals surface area (Å²) in [6.07, 6.45) is 0. The molecule has 0 bridgehead atoms. The monoisotopic (exact) mass is 413 g/mol. The van der Waals surface area contributed by atoms with Crippen LogP contribution in [0.25, 0.3) is 16.4 Å². The Bertz CT molecular complexity index is 986. The van der Waals surface area contributed by atoms with Gasteiger partial charge in [0, 0.05) is 16.5 Å². The molecule has 136 valence electrons. The van der Waals surface area contributed by atoms with E-state index in [1.165, 1.54) is 0 Å². The van der Waals surface area contributed by atoms with Crippen LogP contribution < -0.4 is 4.74 Å². The van der Waals surface area contributed by atoms with Crippen LogP contribution in [0.15, 0.2) is 77.3 Å². The fourth-order valence-corrected chi connectivity index (χ4v) is 4.16. The molecular formula is C20H16ClN3OS2. The van der Waals surface area contributed by atoms with Crippen molar-refractivity contribution in [3.63, 3.8) is 0 Å². The minimum atomic E-state index is 0.572. The summed E-state index contributed by atoms with van der Waals surface area (Å²) in [6, 6.07) is 21.6. The maximum absolute atomic E-state index is 5.90. The first-order valence-electron chi connectivity index (χ1n) is 8.37. The van der Waals surface area contributed by atoms with Crippen LogP contribution in [0.1, 0.15) is 0 Å². The van der Waals surface area contributed by atoms with Gasteiger partial charge >= 0.3 is 0 Å². The van der Waals surface area contributed by atoms with E-state index < -0.39 is 0 Å². The molecule has 0 fully saturated rings. The Morgan fingerprint density at radius 2 is 1.78 bits per heavy atom. The van der Waals surface area contributed by atoms with Crippen LogP contribution in [0.3, 0.4) is 0 Å². The maximum atomic E-state index is 5.90. The molecule has 7 heteroatoms. The summed E-state index contributed by atoms with van der Waals surface area (Å²) < 4.78 is 7.87. The molecule has 0 radical (unpaired) electrons. The highest BCUT2D eigenvalue weighted by Crippen LogP contribution is 2.30. The Morgan fingerprint density at radius 1 is 0.963 bits per heavy atom. The summed E-state index contributed by atoms with van der Waals surface area (Å²) in [4.78, 5) is 1.09. The number of nitrogens with zero attached hydrogens (tertiary/aromatic N) is 3. The number of hydrogen-bond acceptors (Lipinski definition) is 5. The first-order chi connectivity index (χ1) is 13.3. The van der Waals surface area contributed by atoms with Crippen molar-refractivity contribution < 1.29 is 4.74 Å². The zero-order chi connectivity index (χ0) is 18.5. The third kappa shape index (κ3) is 4.35. The molecule has 2 heterocycles. The molecular weight excluding hydrogens is 398 g/mol. The van der Waals surface area contributed by atoms with Gasteiger partial charge in [-0.25, -0.2) is 0 Å². The van der Waals surface area contributed by atoms with Gasteiger partial charge in [-0.3, -0.25) is 4.57 Å². The summed E-state index contributed by atoms with van der Waals surface area (Å²) in [5, 5.41) is 12.4. The standard InChI is InChI=1S/C20H16ClN3OS2/c21-15-8-10-17(11-9-15)25-12-14-27-20-23-22-19(18-7-4-13-26-18)24(20)16-5-2-1-3-6-16/h1-11,13H,12,14H2. The second kappa shape index (κ2) is 8.61. The molecule has 0 aliphatic rings. The molecule has 0 saturated heterocycles. The van der Waals surface area contributed by atoms with E-state index in [-0.39, 0.29) is 0 Å². The third-order valence-electron chi connectivity index (χ3n) is 3.79. The van der Waals surface area contributed by atoms with Crippen molar-refractivity contribution in [3.8, 4) is 22.1 Å². The molecule has 2 aromatic carbocycles. The zero-order valence-electron chi connectivity index (χ0n) is 14.3. The maximum Gasteiger partial charge on any atom is 0.196 e. The first-order valence-corrected chi connectivity index (χ1v) is 10.6. The van der Waals surface area contributed by atoms with Crippen LogP contribution in [-0.4, -0.2) is 27.1 Å². The van der Waals surface area contributed by atoms with E-state index >= 15 is 0 Å². The Labute approximate surface area is 170 Å². The number of benzene rings is 2. The van der Waals surface area contributed by atoms with Crippen molar-refractivity contribution in [3.05, 3.63) is 77.1 Å². The van der Waals surface area contributed by atoms with Crippen molar-refractivity contribution in [1.29, 1.82) is 0 Å². The van der Waals surface area contributed by atoms with E-state index in [9.17, 15) is 0 Å². The molecule has 0 N–H and O–H groups in total. The van der Waals surface area contributed by atoms with E-state index in [4.69, 9.17) is 16.3 Å². The van der Waals surface area contributed by atoms with Crippen molar-refractivity contribution in [2.45, 2.75) is 5.16 Å². The van der Waals surface area contributed by atoms with E-state index in [0.717, 1.165) is 33.0 Å². The van der Waals surface area contributed by atoms with Gasteiger partial charge in [0.25, 0.3) is 0 Å². The highest BCUT2D eigenvalue weighted by molar-refractivity contribution is 7.99. The molecule has 0 aliphatic carbocycles. The topological polar surface area (TPSA) is 39.9 Å². The number of para-hydroxylation sites is 1. The molecule has 0 spiro atoms. The van der Waals surface area contributed by atoms with E-state index in [0.29, 0.717) is 11.6 Å².